The number of hydrogen-bond donors (Lipinski definition) is 1. The van der Waals surface area contributed by atoms with Crippen LogP contribution >= 0.6 is 0 Å². The Balaban J connectivity index is 1.67. The van der Waals surface area contributed by atoms with Crippen LogP contribution in [0.5, 0.6) is 0 Å². The van der Waals surface area contributed by atoms with Crippen LogP contribution in [0, 0.1) is 5.92 Å². The summed E-state index contributed by atoms with van der Waals surface area (Å²) in [5.41, 5.74) is 2.21. The van der Waals surface area contributed by atoms with Crippen molar-refractivity contribution in [2.24, 2.45) is 5.92 Å². The molecule has 1 saturated heterocycles. The van der Waals surface area contributed by atoms with Crippen LogP contribution < -0.4 is 5.32 Å². The molecule has 0 spiro atoms. The summed E-state index contributed by atoms with van der Waals surface area (Å²) >= 11 is 0. The van der Waals surface area contributed by atoms with Gasteiger partial charge in [0.25, 0.3) is 0 Å². The number of rotatable bonds is 4. The number of nitrogens with zero attached hydrogens (tertiary/aromatic N) is 2. The molecule has 0 saturated carbocycles. The number of aromatic nitrogens is 1. The minimum absolute atomic E-state index is 0.293. The van der Waals surface area contributed by atoms with E-state index in [9.17, 15) is 8.42 Å². The summed E-state index contributed by atoms with van der Waals surface area (Å²) in [6.07, 6.45) is 3.95. The van der Waals surface area contributed by atoms with Crippen molar-refractivity contribution in [1.82, 2.24) is 14.6 Å². The maximum absolute atomic E-state index is 11.7. The number of benzene rings is 1. The van der Waals surface area contributed by atoms with Crippen molar-refractivity contribution in [3.8, 4) is 0 Å². The average Bonchev–Trinajstić information content (AvgIpc) is 2.53. The second-order valence-electron chi connectivity index (χ2n) is 6.37. The summed E-state index contributed by atoms with van der Waals surface area (Å²) in [6, 6.07) is 10.6. The molecule has 1 aromatic carbocycles. The fraction of sp³-hybridized carbons (Fsp3) is 0.471. The molecule has 0 bridgehead atoms. The Hall–Kier alpha value is -1.50. The second kappa shape index (κ2) is 6.55. The zero-order valence-corrected chi connectivity index (χ0v) is 14.4. The average molecular weight is 333 g/mol. The van der Waals surface area contributed by atoms with E-state index >= 15 is 0 Å². The highest BCUT2D eigenvalue weighted by Crippen LogP contribution is 2.21. The first-order valence-corrected chi connectivity index (χ1v) is 9.81. The van der Waals surface area contributed by atoms with Crippen LogP contribution in [0.15, 0.2) is 36.5 Å². The molecule has 0 amide bonds. The van der Waals surface area contributed by atoms with Gasteiger partial charge >= 0.3 is 0 Å². The van der Waals surface area contributed by atoms with Crippen molar-refractivity contribution in [1.29, 1.82) is 0 Å². The minimum Gasteiger partial charge on any atom is -0.309 e. The molecule has 1 N–H and O–H groups in total. The maximum atomic E-state index is 11.7. The molecule has 1 aliphatic heterocycles. The molecule has 1 fully saturated rings. The molecule has 1 aromatic heterocycles. The zero-order valence-electron chi connectivity index (χ0n) is 13.6. The van der Waals surface area contributed by atoms with E-state index < -0.39 is 10.0 Å². The summed E-state index contributed by atoms with van der Waals surface area (Å²) < 4.78 is 24.9. The highest BCUT2D eigenvalue weighted by atomic mass is 32.2. The molecule has 2 heterocycles. The first-order valence-electron chi connectivity index (χ1n) is 7.96. The summed E-state index contributed by atoms with van der Waals surface area (Å²) in [6.45, 7) is 4.04. The second-order valence-corrected chi connectivity index (χ2v) is 8.35. The highest BCUT2D eigenvalue weighted by molar-refractivity contribution is 7.88. The molecule has 23 heavy (non-hydrogen) atoms. The monoisotopic (exact) mass is 333 g/mol. The van der Waals surface area contributed by atoms with E-state index in [4.69, 9.17) is 0 Å². The molecule has 5 nitrogen and oxygen atoms in total. The van der Waals surface area contributed by atoms with Crippen molar-refractivity contribution in [3.05, 3.63) is 42.1 Å². The molecule has 3 rings (SSSR count). The standard InChI is InChI=1S/C17H23N3O2S/c1-13-12-20(23(2,21)22)10-8-16(13)19-11-15-6-3-5-14-7-4-9-18-17(14)15/h3-7,9,13,16,19H,8,10-12H2,1-2H3/t13-,16-/m1/s1. The van der Waals surface area contributed by atoms with Gasteiger partial charge in [0.15, 0.2) is 0 Å². The smallest absolute Gasteiger partial charge is 0.211 e. The van der Waals surface area contributed by atoms with Gasteiger partial charge in [0.2, 0.25) is 10.0 Å². The molecule has 124 valence electrons. The van der Waals surface area contributed by atoms with Gasteiger partial charge in [-0.3, -0.25) is 4.98 Å². The van der Waals surface area contributed by atoms with E-state index in [0.717, 1.165) is 23.9 Å². The number of pyridine rings is 1. The van der Waals surface area contributed by atoms with E-state index in [0.29, 0.717) is 25.0 Å². The number of fused-ring (bicyclic) bond motifs is 1. The molecule has 0 radical (unpaired) electrons. The normalized spacial score (nSPS) is 23.2. The Morgan fingerprint density at radius 1 is 1.30 bits per heavy atom. The van der Waals surface area contributed by atoms with E-state index in [2.05, 4.69) is 41.5 Å². The Morgan fingerprint density at radius 2 is 2.09 bits per heavy atom. The first-order chi connectivity index (χ1) is 10.9. The summed E-state index contributed by atoms with van der Waals surface area (Å²) in [7, 11) is -3.08. The highest BCUT2D eigenvalue weighted by Gasteiger charge is 2.30. The predicted molar refractivity (Wildman–Crippen MR) is 92.6 cm³/mol. The van der Waals surface area contributed by atoms with Crippen molar-refractivity contribution >= 4 is 20.9 Å². The third-order valence-corrected chi connectivity index (χ3v) is 5.88. The van der Waals surface area contributed by atoms with Crippen molar-refractivity contribution in [2.45, 2.75) is 25.9 Å². The number of hydrogen-bond acceptors (Lipinski definition) is 4. The molecule has 2 atom stereocenters. The molecule has 0 aliphatic carbocycles. The van der Waals surface area contributed by atoms with Gasteiger partial charge in [0, 0.05) is 37.3 Å². The Labute approximate surface area is 137 Å². The lowest BCUT2D eigenvalue weighted by Crippen LogP contribution is -2.49. The van der Waals surface area contributed by atoms with Crippen molar-refractivity contribution < 1.29 is 8.42 Å². The van der Waals surface area contributed by atoms with Crippen LogP contribution in [0.4, 0.5) is 0 Å². The Kier molecular flexibility index (Phi) is 4.66. The number of piperidine rings is 1. The Bertz CT molecular complexity index is 786. The van der Waals surface area contributed by atoms with Gasteiger partial charge in [-0.05, 0) is 24.0 Å². The fourth-order valence-electron chi connectivity index (χ4n) is 3.26. The lowest BCUT2D eigenvalue weighted by atomic mass is 9.95. The minimum atomic E-state index is -3.08. The molecule has 1 aliphatic rings. The van der Waals surface area contributed by atoms with Gasteiger partial charge in [0.05, 0.1) is 11.8 Å². The third kappa shape index (κ3) is 3.71. The van der Waals surface area contributed by atoms with E-state index in [1.807, 2.05) is 12.3 Å². The molecule has 6 heteroatoms. The maximum Gasteiger partial charge on any atom is 0.211 e. The van der Waals surface area contributed by atoms with E-state index in [1.165, 1.54) is 11.8 Å². The summed E-state index contributed by atoms with van der Waals surface area (Å²) in [5, 5.41) is 4.74. The number of sulfonamides is 1. The van der Waals surface area contributed by atoms with Gasteiger partial charge in [-0.1, -0.05) is 31.2 Å². The zero-order chi connectivity index (χ0) is 16.4. The van der Waals surface area contributed by atoms with Crippen LogP contribution in [-0.4, -0.2) is 43.1 Å². The molecule has 0 unspecified atom stereocenters. The van der Waals surface area contributed by atoms with Gasteiger partial charge in [-0.2, -0.15) is 0 Å². The lowest BCUT2D eigenvalue weighted by molar-refractivity contribution is 0.220. The van der Waals surface area contributed by atoms with Gasteiger partial charge < -0.3 is 5.32 Å². The molecule has 2 aromatic rings. The lowest BCUT2D eigenvalue weighted by Gasteiger charge is -2.36. The SMILES string of the molecule is C[C@@H]1CN(S(C)(=O)=O)CC[C@H]1NCc1cccc2cccnc12. The van der Waals surface area contributed by atoms with Crippen LogP contribution in [-0.2, 0) is 16.6 Å². The van der Waals surface area contributed by atoms with Crippen LogP contribution in [0.1, 0.15) is 18.9 Å². The summed E-state index contributed by atoms with van der Waals surface area (Å²) in [4.78, 5) is 4.48. The Morgan fingerprint density at radius 3 is 2.83 bits per heavy atom. The fourth-order valence-corrected chi connectivity index (χ4v) is 4.21. The number of para-hydroxylation sites is 1. The van der Waals surface area contributed by atoms with E-state index in [1.54, 1.807) is 4.31 Å². The largest absolute Gasteiger partial charge is 0.309 e. The topological polar surface area (TPSA) is 62.3 Å². The van der Waals surface area contributed by atoms with E-state index in [-0.39, 0.29) is 0 Å². The van der Waals surface area contributed by atoms with Crippen molar-refractivity contribution in [2.75, 3.05) is 19.3 Å². The quantitative estimate of drug-likeness (QED) is 0.929. The summed E-state index contributed by atoms with van der Waals surface area (Å²) in [5.74, 6) is 0.293. The first kappa shape index (κ1) is 16.4. The van der Waals surface area contributed by atoms with Crippen molar-refractivity contribution in [3.63, 3.8) is 0 Å². The third-order valence-electron chi connectivity index (χ3n) is 4.61. The van der Waals surface area contributed by atoms with Crippen LogP contribution in [0.25, 0.3) is 10.9 Å². The van der Waals surface area contributed by atoms with Gasteiger partial charge in [-0.15, -0.1) is 0 Å². The predicted octanol–water partition coefficient (Wildman–Crippen LogP) is 1.99. The molecular formula is C17H23N3O2S. The van der Waals surface area contributed by atoms with Gasteiger partial charge in [-0.25, -0.2) is 12.7 Å². The van der Waals surface area contributed by atoms with Crippen LogP contribution in [0.2, 0.25) is 0 Å². The number of nitrogens with one attached hydrogen (secondary N) is 1. The molecular weight excluding hydrogens is 310 g/mol. The van der Waals surface area contributed by atoms with Crippen LogP contribution in [0.3, 0.4) is 0 Å². The van der Waals surface area contributed by atoms with Gasteiger partial charge in [0.1, 0.15) is 0 Å².